The van der Waals surface area contributed by atoms with Gasteiger partial charge in [0.2, 0.25) is 0 Å². The maximum Gasteiger partial charge on any atom is 0.0862 e. The molecule has 0 aliphatic heterocycles. The van der Waals surface area contributed by atoms with Crippen molar-refractivity contribution in [2.75, 3.05) is 0 Å². The highest BCUT2D eigenvalue weighted by molar-refractivity contribution is 7.98. The average molecular weight is 203 g/mol. The van der Waals surface area contributed by atoms with Gasteiger partial charge in [-0.1, -0.05) is 27.4 Å². The molecule has 0 saturated carbocycles. The fourth-order valence-corrected chi connectivity index (χ4v) is 1.86. The van der Waals surface area contributed by atoms with Crippen LogP contribution in [0.1, 0.15) is 41.0 Å². The molecule has 2 N–H and O–H groups in total. The molecular weight excluding hydrogens is 182 g/mol. The Kier molecular flexibility index (Phi) is 4.33. The molecule has 0 unspecified atom stereocenters. The van der Waals surface area contributed by atoms with Crippen molar-refractivity contribution in [1.82, 2.24) is 0 Å². The first-order valence-electron chi connectivity index (χ1n) is 4.42. The van der Waals surface area contributed by atoms with Gasteiger partial charge < -0.3 is 9.92 Å². The number of rotatable bonds is 4. The molecule has 0 fully saturated rings. The van der Waals surface area contributed by atoms with E-state index in [-0.39, 0.29) is 11.0 Å². The van der Waals surface area contributed by atoms with Gasteiger partial charge >= 0.3 is 0 Å². The molecule has 0 bridgehead atoms. The van der Waals surface area contributed by atoms with Gasteiger partial charge in [0.05, 0.1) is 10.6 Å². The van der Waals surface area contributed by atoms with E-state index in [0.717, 1.165) is 18.5 Å². The Bertz CT molecular complexity index is 182. The summed E-state index contributed by atoms with van der Waals surface area (Å²) in [5.74, 6) is 0. The molecule has 78 valence electrons. The van der Waals surface area contributed by atoms with Crippen molar-refractivity contribution in [3.8, 4) is 0 Å². The molecule has 0 aliphatic rings. The van der Waals surface area contributed by atoms with Crippen molar-refractivity contribution in [2.24, 2.45) is 11.1 Å². The predicted molar refractivity (Wildman–Crippen MR) is 60.2 cm³/mol. The Labute approximate surface area is 86.1 Å². The highest BCUT2D eigenvalue weighted by Gasteiger charge is 2.26. The van der Waals surface area contributed by atoms with Gasteiger partial charge in [0, 0.05) is 12.0 Å². The number of hydrogen-bond donors (Lipinski definition) is 1. The van der Waals surface area contributed by atoms with Gasteiger partial charge in [0.15, 0.2) is 0 Å². The van der Waals surface area contributed by atoms with E-state index in [2.05, 4.69) is 41.2 Å². The molecule has 13 heavy (non-hydrogen) atoms. The van der Waals surface area contributed by atoms with Crippen LogP contribution >= 0.6 is 12.0 Å². The Morgan fingerprint density at radius 3 is 2.08 bits per heavy atom. The Morgan fingerprint density at radius 1 is 1.31 bits per heavy atom. The van der Waals surface area contributed by atoms with Crippen LogP contribution in [-0.4, -0.2) is 5.60 Å². The fourth-order valence-electron chi connectivity index (χ4n) is 1.47. The highest BCUT2D eigenvalue weighted by Crippen LogP contribution is 2.32. The number of hydrogen-bond acceptors (Lipinski definition) is 3. The molecule has 0 spiro atoms. The van der Waals surface area contributed by atoms with Gasteiger partial charge in [-0.3, -0.25) is 0 Å². The van der Waals surface area contributed by atoms with E-state index in [1.807, 2.05) is 0 Å². The fraction of sp³-hybridized carbons (Fsp3) is 0.800. The lowest BCUT2D eigenvalue weighted by Gasteiger charge is -2.31. The van der Waals surface area contributed by atoms with Crippen LogP contribution in [0.25, 0.3) is 0 Å². The average Bonchev–Trinajstić information content (AvgIpc) is 1.78. The monoisotopic (exact) mass is 203 g/mol. The van der Waals surface area contributed by atoms with Gasteiger partial charge in [-0.2, -0.15) is 0 Å². The summed E-state index contributed by atoms with van der Waals surface area (Å²) in [5.41, 5.74) is 5.51. The normalized spacial score (nSPS) is 13.0. The largest absolute Gasteiger partial charge is 0.392 e. The summed E-state index contributed by atoms with van der Waals surface area (Å²) in [7, 11) is 0. The minimum Gasteiger partial charge on any atom is -0.392 e. The van der Waals surface area contributed by atoms with Crippen LogP contribution in [0.4, 0.5) is 0 Å². The molecule has 3 heteroatoms. The second-order valence-corrected chi connectivity index (χ2v) is 5.99. The number of nitrogens with two attached hydrogens (primary N) is 1. The molecule has 0 aromatic heterocycles. The van der Waals surface area contributed by atoms with E-state index in [1.54, 1.807) is 0 Å². The molecule has 0 aromatic rings. The van der Waals surface area contributed by atoms with Crippen LogP contribution in [0.3, 0.4) is 0 Å². The standard InChI is InChI=1S/C10H21NOS/c1-8(11)13-12-10(5,6)7-9(2,3)4/h1,7,11H2,2-6H3. The zero-order valence-corrected chi connectivity index (χ0v) is 10.1. The summed E-state index contributed by atoms with van der Waals surface area (Å²) in [6, 6.07) is 0. The Morgan fingerprint density at radius 2 is 1.77 bits per heavy atom. The molecule has 2 nitrogen and oxygen atoms in total. The lowest BCUT2D eigenvalue weighted by Crippen LogP contribution is -2.28. The van der Waals surface area contributed by atoms with E-state index >= 15 is 0 Å². The SMILES string of the molecule is C=C(N)SOC(C)(C)CC(C)(C)C. The Balaban J connectivity index is 4.01. The second-order valence-electron chi connectivity index (χ2n) is 5.13. The first kappa shape index (κ1) is 12.8. The van der Waals surface area contributed by atoms with Gasteiger partial charge in [0.25, 0.3) is 0 Å². The van der Waals surface area contributed by atoms with Crippen molar-refractivity contribution < 1.29 is 4.18 Å². The van der Waals surface area contributed by atoms with E-state index in [9.17, 15) is 0 Å². The lowest BCUT2D eigenvalue weighted by molar-refractivity contribution is 0.0857. The zero-order chi connectivity index (χ0) is 10.7. The third kappa shape index (κ3) is 8.19. The highest BCUT2D eigenvalue weighted by atomic mass is 32.2. The van der Waals surface area contributed by atoms with Crippen LogP contribution in [0.2, 0.25) is 0 Å². The minimum absolute atomic E-state index is 0.161. The molecule has 0 aliphatic carbocycles. The molecule has 0 atom stereocenters. The van der Waals surface area contributed by atoms with Crippen LogP contribution < -0.4 is 5.73 Å². The minimum atomic E-state index is -0.161. The van der Waals surface area contributed by atoms with Gasteiger partial charge in [-0.15, -0.1) is 0 Å². The first-order valence-corrected chi connectivity index (χ1v) is 5.17. The molecular formula is C10H21NOS. The van der Waals surface area contributed by atoms with Crippen molar-refractivity contribution >= 4 is 12.0 Å². The van der Waals surface area contributed by atoms with E-state index in [0.29, 0.717) is 5.03 Å². The molecule has 0 heterocycles. The van der Waals surface area contributed by atoms with Crippen LogP contribution in [0, 0.1) is 5.41 Å². The maximum atomic E-state index is 5.56. The van der Waals surface area contributed by atoms with E-state index in [1.165, 1.54) is 0 Å². The maximum absolute atomic E-state index is 5.56. The zero-order valence-electron chi connectivity index (χ0n) is 9.31. The van der Waals surface area contributed by atoms with Gasteiger partial charge in [-0.05, 0) is 25.7 Å². The quantitative estimate of drug-likeness (QED) is 0.712. The van der Waals surface area contributed by atoms with Crippen LogP contribution in [-0.2, 0) is 4.18 Å². The summed E-state index contributed by atoms with van der Waals surface area (Å²) in [5, 5.41) is 0.502. The molecule has 0 radical (unpaired) electrons. The van der Waals surface area contributed by atoms with Crippen LogP contribution in [0.5, 0.6) is 0 Å². The van der Waals surface area contributed by atoms with E-state index < -0.39 is 0 Å². The first-order chi connectivity index (χ1) is 5.62. The third-order valence-corrected chi connectivity index (χ3v) is 2.08. The van der Waals surface area contributed by atoms with Crippen molar-refractivity contribution in [3.05, 3.63) is 11.6 Å². The summed E-state index contributed by atoms with van der Waals surface area (Å²) in [6.45, 7) is 14.3. The van der Waals surface area contributed by atoms with Crippen molar-refractivity contribution in [1.29, 1.82) is 0 Å². The van der Waals surface area contributed by atoms with Crippen molar-refractivity contribution in [2.45, 2.75) is 46.6 Å². The molecule has 0 aromatic carbocycles. The lowest BCUT2D eigenvalue weighted by atomic mass is 9.84. The van der Waals surface area contributed by atoms with Crippen molar-refractivity contribution in [3.63, 3.8) is 0 Å². The van der Waals surface area contributed by atoms with Crippen LogP contribution in [0.15, 0.2) is 11.6 Å². The molecule has 0 rings (SSSR count). The van der Waals surface area contributed by atoms with Gasteiger partial charge in [0.1, 0.15) is 0 Å². The van der Waals surface area contributed by atoms with Gasteiger partial charge in [-0.25, -0.2) is 0 Å². The predicted octanol–water partition coefficient (Wildman–Crippen LogP) is 3.30. The summed E-state index contributed by atoms with van der Waals surface area (Å²) in [4.78, 5) is 0. The third-order valence-electron chi connectivity index (χ3n) is 1.33. The summed E-state index contributed by atoms with van der Waals surface area (Å²) < 4.78 is 5.56. The summed E-state index contributed by atoms with van der Waals surface area (Å²) >= 11 is 1.16. The topological polar surface area (TPSA) is 35.2 Å². The second kappa shape index (κ2) is 4.38. The summed E-state index contributed by atoms with van der Waals surface area (Å²) in [6.07, 6.45) is 0.986. The smallest absolute Gasteiger partial charge is 0.0862 e. The molecule has 0 amide bonds. The molecule has 0 saturated heterocycles. The van der Waals surface area contributed by atoms with E-state index in [4.69, 9.17) is 9.92 Å². The Hall–Kier alpha value is -0.150.